The molecule has 0 aliphatic carbocycles. The summed E-state index contributed by atoms with van der Waals surface area (Å²) >= 11 is 0. The highest BCUT2D eigenvalue weighted by Crippen LogP contribution is 2.41. The number of fused-ring (bicyclic) bond motifs is 1. The van der Waals surface area contributed by atoms with Crippen molar-refractivity contribution in [2.75, 3.05) is 6.61 Å². The van der Waals surface area contributed by atoms with Gasteiger partial charge < -0.3 is 9.84 Å². The molecule has 1 aliphatic heterocycles. The molecule has 1 aliphatic rings. The molecule has 1 N–H and O–H groups in total. The quantitative estimate of drug-likeness (QED) is 0.846. The number of rotatable bonds is 5. The fourth-order valence-electron chi connectivity index (χ4n) is 2.80. The first-order valence-electron chi connectivity index (χ1n) is 6.69. The van der Waals surface area contributed by atoms with Crippen molar-refractivity contribution < 1.29 is 9.84 Å². The van der Waals surface area contributed by atoms with Crippen LogP contribution in [0.25, 0.3) is 0 Å². The fraction of sp³-hybridized carbons (Fsp3) is 0.600. The Morgan fingerprint density at radius 3 is 2.59 bits per heavy atom. The highest BCUT2D eigenvalue weighted by Gasteiger charge is 2.32. The normalized spacial score (nSPS) is 14.5. The average molecular weight is 234 g/mol. The van der Waals surface area contributed by atoms with E-state index in [9.17, 15) is 5.11 Å². The van der Waals surface area contributed by atoms with Crippen LogP contribution < -0.4 is 4.74 Å². The molecule has 1 heterocycles. The summed E-state index contributed by atoms with van der Waals surface area (Å²) in [7, 11) is 0. The van der Waals surface area contributed by atoms with Gasteiger partial charge in [0, 0.05) is 12.0 Å². The van der Waals surface area contributed by atoms with Gasteiger partial charge in [0.25, 0.3) is 0 Å². The Hall–Kier alpha value is -1.02. The molecule has 0 saturated carbocycles. The van der Waals surface area contributed by atoms with Crippen molar-refractivity contribution >= 4 is 0 Å². The first-order valence-corrected chi connectivity index (χ1v) is 6.69. The molecule has 2 nitrogen and oxygen atoms in total. The van der Waals surface area contributed by atoms with E-state index < -0.39 is 5.60 Å². The van der Waals surface area contributed by atoms with Crippen molar-refractivity contribution in [1.82, 2.24) is 0 Å². The third-order valence-electron chi connectivity index (χ3n) is 3.54. The minimum Gasteiger partial charge on any atom is -0.493 e. The molecule has 0 bridgehead atoms. The van der Waals surface area contributed by atoms with Gasteiger partial charge >= 0.3 is 0 Å². The van der Waals surface area contributed by atoms with Crippen LogP contribution in [-0.4, -0.2) is 11.7 Å². The molecular weight excluding hydrogens is 212 g/mol. The summed E-state index contributed by atoms with van der Waals surface area (Å²) in [6, 6.07) is 6.17. The fourth-order valence-corrected chi connectivity index (χ4v) is 2.80. The molecule has 0 aromatic heterocycles. The largest absolute Gasteiger partial charge is 0.493 e. The van der Waals surface area contributed by atoms with Crippen molar-refractivity contribution in [3.05, 3.63) is 29.3 Å². The van der Waals surface area contributed by atoms with E-state index in [4.69, 9.17) is 4.74 Å². The molecule has 2 rings (SSSR count). The molecule has 0 fully saturated rings. The van der Waals surface area contributed by atoms with Crippen molar-refractivity contribution in [2.24, 2.45) is 0 Å². The molecule has 0 amide bonds. The van der Waals surface area contributed by atoms with Crippen LogP contribution in [0, 0.1) is 0 Å². The minimum absolute atomic E-state index is 0.709. The highest BCUT2D eigenvalue weighted by molar-refractivity contribution is 5.46. The highest BCUT2D eigenvalue weighted by atomic mass is 16.5. The molecule has 0 atom stereocenters. The van der Waals surface area contributed by atoms with Gasteiger partial charge in [-0.15, -0.1) is 0 Å². The number of benzene rings is 1. The van der Waals surface area contributed by atoms with Crippen LogP contribution in [0.4, 0.5) is 0 Å². The van der Waals surface area contributed by atoms with Gasteiger partial charge in [0.05, 0.1) is 12.2 Å². The second-order valence-corrected chi connectivity index (χ2v) is 4.92. The Morgan fingerprint density at radius 2 is 1.94 bits per heavy atom. The second-order valence-electron chi connectivity index (χ2n) is 4.92. The molecule has 94 valence electrons. The zero-order chi connectivity index (χ0) is 12.3. The van der Waals surface area contributed by atoms with Gasteiger partial charge in [-0.25, -0.2) is 0 Å². The first-order chi connectivity index (χ1) is 8.21. The van der Waals surface area contributed by atoms with Gasteiger partial charge in [0.15, 0.2) is 0 Å². The van der Waals surface area contributed by atoms with E-state index >= 15 is 0 Å². The van der Waals surface area contributed by atoms with E-state index in [2.05, 4.69) is 19.9 Å². The van der Waals surface area contributed by atoms with E-state index in [1.54, 1.807) is 0 Å². The molecule has 0 spiro atoms. The topological polar surface area (TPSA) is 29.5 Å². The SMILES string of the molecule is CCCC(O)(CCC)c1cccc2c1OCC2. The van der Waals surface area contributed by atoms with E-state index in [1.165, 1.54) is 5.56 Å². The predicted molar refractivity (Wildman–Crippen MR) is 69.4 cm³/mol. The maximum atomic E-state index is 10.9. The van der Waals surface area contributed by atoms with Gasteiger partial charge in [-0.2, -0.15) is 0 Å². The number of hydrogen-bond acceptors (Lipinski definition) is 2. The summed E-state index contributed by atoms with van der Waals surface area (Å²) in [4.78, 5) is 0. The lowest BCUT2D eigenvalue weighted by Crippen LogP contribution is -2.26. The minimum atomic E-state index is -0.709. The van der Waals surface area contributed by atoms with Crippen LogP contribution in [0.15, 0.2) is 18.2 Å². The lowest BCUT2D eigenvalue weighted by atomic mass is 9.84. The zero-order valence-electron chi connectivity index (χ0n) is 10.8. The molecular formula is C15H22O2. The smallest absolute Gasteiger partial charge is 0.128 e. The molecule has 1 aromatic carbocycles. The van der Waals surface area contributed by atoms with Crippen LogP contribution in [0.5, 0.6) is 5.75 Å². The van der Waals surface area contributed by atoms with E-state index in [0.29, 0.717) is 0 Å². The number of ether oxygens (including phenoxy) is 1. The van der Waals surface area contributed by atoms with Crippen LogP contribution in [0.2, 0.25) is 0 Å². The van der Waals surface area contributed by atoms with E-state index in [0.717, 1.165) is 50.0 Å². The maximum absolute atomic E-state index is 10.9. The number of aliphatic hydroxyl groups is 1. The molecule has 1 aromatic rings. The molecule has 0 radical (unpaired) electrons. The summed E-state index contributed by atoms with van der Waals surface area (Å²) in [6.07, 6.45) is 4.55. The van der Waals surface area contributed by atoms with Crippen LogP contribution in [0.3, 0.4) is 0 Å². The predicted octanol–water partition coefficient (Wildman–Crippen LogP) is 3.41. The standard InChI is InChI=1S/C15H22O2/c1-3-9-15(16,10-4-2)13-7-5-6-12-8-11-17-14(12)13/h5-7,16H,3-4,8-11H2,1-2H3. The lowest BCUT2D eigenvalue weighted by Gasteiger charge is -2.29. The summed E-state index contributed by atoms with van der Waals surface area (Å²) < 4.78 is 5.71. The van der Waals surface area contributed by atoms with Gasteiger partial charge in [-0.05, 0) is 18.4 Å². The number of hydrogen-bond donors (Lipinski definition) is 1. The van der Waals surface area contributed by atoms with Crippen molar-refractivity contribution in [3.63, 3.8) is 0 Å². The lowest BCUT2D eigenvalue weighted by molar-refractivity contribution is 0.0148. The maximum Gasteiger partial charge on any atom is 0.128 e. The molecule has 0 unspecified atom stereocenters. The molecule has 0 saturated heterocycles. The third-order valence-corrected chi connectivity index (χ3v) is 3.54. The van der Waals surface area contributed by atoms with E-state index in [1.807, 2.05) is 12.1 Å². The average Bonchev–Trinajstić information content (AvgIpc) is 2.77. The van der Waals surface area contributed by atoms with Gasteiger partial charge in [0.1, 0.15) is 5.75 Å². The monoisotopic (exact) mass is 234 g/mol. The van der Waals surface area contributed by atoms with Gasteiger partial charge in [0.2, 0.25) is 0 Å². The summed E-state index contributed by atoms with van der Waals surface area (Å²) in [6.45, 7) is 4.98. The van der Waals surface area contributed by atoms with Crippen molar-refractivity contribution in [2.45, 2.75) is 51.6 Å². The molecule has 2 heteroatoms. The number of para-hydroxylation sites is 1. The summed E-state index contributed by atoms with van der Waals surface area (Å²) in [5.41, 5.74) is 1.53. The first kappa shape index (κ1) is 12.4. The zero-order valence-corrected chi connectivity index (χ0v) is 10.8. The van der Waals surface area contributed by atoms with Crippen LogP contribution >= 0.6 is 0 Å². The van der Waals surface area contributed by atoms with Gasteiger partial charge in [-0.3, -0.25) is 0 Å². The Bertz CT molecular complexity index is 379. The Morgan fingerprint density at radius 1 is 1.24 bits per heavy atom. The molecule has 17 heavy (non-hydrogen) atoms. The Kier molecular flexibility index (Phi) is 3.72. The van der Waals surface area contributed by atoms with Gasteiger partial charge in [-0.1, -0.05) is 44.9 Å². The van der Waals surface area contributed by atoms with Crippen LogP contribution in [-0.2, 0) is 12.0 Å². The third kappa shape index (κ3) is 2.32. The Labute approximate surface area is 104 Å². The van der Waals surface area contributed by atoms with Crippen molar-refractivity contribution in [1.29, 1.82) is 0 Å². The summed E-state index contributed by atoms with van der Waals surface area (Å²) in [5, 5.41) is 10.9. The van der Waals surface area contributed by atoms with E-state index in [-0.39, 0.29) is 0 Å². The summed E-state index contributed by atoms with van der Waals surface area (Å²) in [5.74, 6) is 0.942. The van der Waals surface area contributed by atoms with Crippen molar-refractivity contribution in [3.8, 4) is 5.75 Å². The second kappa shape index (κ2) is 5.09. The Balaban J connectivity index is 2.39. The van der Waals surface area contributed by atoms with Crippen LogP contribution in [0.1, 0.15) is 50.7 Å².